The molecule has 0 aliphatic carbocycles. The molecule has 0 radical (unpaired) electrons. The highest BCUT2D eigenvalue weighted by Crippen LogP contribution is 2.48. The fourth-order valence-electron chi connectivity index (χ4n) is 4.87. The number of carbonyl (C=O) groups excluding carboxylic acids is 2. The second-order valence-corrected chi connectivity index (χ2v) is 9.90. The van der Waals surface area contributed by atoms with Crippen LogP contribution in [0.3, 0.4) is 0 Å². The van der Waals surface area contributed by atoms with Crippen molar-refractivity contribution < 1.29 is 28.5 Å². The van der Waals surface area contributed by atoms with Gasteiger partial charge in [0.25, 0.3) is 0 Å². The molecule has 3 aliphatic rings. The van der Waals surface area contributed by atoms with Crippen LogP contribution in [0.5, 0.6) is 11.5 Å². The third kappa shape index (κ3) is 5.53. The molecule has 10 heteroatoms. The number of nitrogens with zero attached hydrogens (tertiary/aromatic N) is 3. The van der Waals surface area contributed by atoms with Gasteiger partial charge in [-0.25, -0.2) is 9.79 Å². The van der Waals surface area contributed by atoms with Crippen molar-refractivity contribution in [3.05, 3.63) is 76.3 Å². The Labute approximate surface area is 232 Å². The first-order valence-electron chi connectivity index (χ1n) is 12.8. The van der Waals surface area contributed by atoms with E-state index in [2.05, 4.69) is 0 Å². The average molecular weight is 550 g/mol. The third-order valence-electron chi connectivity index (χ3n) is 6.74. The van der Waals surface area contributed by atoms with Gasteiger partial charge in [-0.3, -0.25) is 4.79 Å². The van der Waals surface area contributed by atoms with Gasteiger partial charge in [0, 0.05) is 30.4 Å². The Morgan fingerprint density at radius 3 is 2.38 bits per heavy atom. The molecule has 1 saturated heterocycles. The van der Waals surface area contributed by atoms with Crippen LogP contribution in [0.4, 0.5) is 0 Å². The molecule has 0 unspecified atom stereocenters. The molecule has 0 saturated carbocycles. The van der Waals surface area contributed by atoms with E-state index in [1.54, 1.807) is 27.2 Å². The van der Waals surface area contributed by atoms with Crippen molar-refractivity contribution in [3.63, 3.8) is 0 Å². The summed E-state index contributed by atoms with van der Waals surface area (Å²) in [5.74, 6) is 0.699. The highest BCUT2D eigenvalue weighted by atomic mass is 32.2. The molecule has 1 fully saturated rings. The van der Waals surface area contributed by atoms with E-state index in [-0.39, 0.29) is 18.9 Å². The number of fused-ring (bicyclic) bond motifs is 1. The summed E-state index contributed by atoms with van der Waals surface area (Å²) in [4.78, 5) is 35.7. The lowest BCUT2D eigenvalue weighted by Gasteiger charge is -2.37. The maximum atomic E-state index is 13.7. The van der Waals surface area contributed by atoms with Crippen LogP contribution < -0.4 is 9.47 Å². The summed E-state index contributed by atoms with van der Waals surface area (Å²) in [5, 5.41) is 2.62. The molecule has 2 aromatic carbocycles. The number of esters is 1. The number of hydrogen-bond donors (Lipinski definition) is 0. The third-order valence-corrected chi connectivity index (χ3v) is 7.63. The molecule has 0 spiro atoms. The van der Waals surface area contributed by atoms with Gasteiger partial charge in [-0.1, -0.05) is 42.1 Å². The zero-order chi connectivity index (χ0) is 27.4. The maximum Gasteiger partial charge on any atom is 0.338 e. The first-order chi connectivity index (χ1) is 19.0. The van der Waals surface area contributed by atoms with Crippen LogP contribution in [-0.2, 0) is 19.1 Å². The topological polar surface area (TPSA) is 89.9 Å². The summed E-state index contributed by atoms with van der Waals surface area (Å²) in [5.41, 5.74) is 3.23. The lowest BCUT2D eigenvalue weighted by molar-refractivity contribution is -0.139. The zero-order valence-electron chi connectivity index (χ0n) is 22.2. The first-order valence-corrected chi connectivity index (χ1v) is 13.7. The largest absolute Gasteiger partial charge is 0.497 e. The Balaban J connectivity index is 1.65. The number of benzene rings is 2. The molecule has 5 rings (SSSR count). The molecule has 3 aliphatic heterocycles. The Morgan fingerprint density at radius 1 is 1.05 bits per heavy atom. The first kappa shape index (κ1) is 26.8. The van der Waals surface area contributed by atoms with Crippen molar-refractivity contribution in [3.8, 4) is 11.5 Å². The summed E-state index contributed by atoms with van der Waals surface area (Å²) in [6, 6.07) is 14.5. The minimum atomic E-state index is -0.630. The number of rotatable bonds is 8. The second kappa shape index (κ2) is 12.0. The maximum absolute atomic E-state index is 13.7. The number of amidine groups is 1. The van der Waals surface area contributed by atoms with Gasteiger partial charge in [-0.15, -0.1) is 0 Å². The van der Waals surface area contributed by atoms with E-state index in [4.69, 9.17) is 23.9 Å². The highest BCUT2D eigenvalue weighted by Gasteiger charge is 2.43. The van der Waals surface area contributed by atoms with Crippen molar-refractivity contribution in [2.45, 2.75) is 19.4 Å². The monoisotopic (exact) mass is 549 g/mol. The number of morpholine rings is 1. The predicted octanol–water partition coefficient (Wildman–Crippen LogP) is 4.23. The fraction of sp³-hybridized carbons (Fsp3) is 0.345. The van der Waals surface area contributed by atoms with Gasteiger partial charge in [0.15, 0.2) is 5.17 Å². The van der Waals surface area contributed by atoms with Gasteiger partial charge in [0.1, 0.15) is 11.5 Å². The van der Waals surface area contributed by atoms with Crippen LogP contribution in [0, 0.1) is 0 Å². The molecule has 0 N–H and O–H groups in total. The number of methoxy groups -OCH3 is 2. The van der Waals surface area contributed by atoms with Gasteiger partial charge < -0.3 is 28.7 Å². The number of aliphatic imine (C=N–C) groups is 1. The molecule has 39 heavy (non-hydrogen) atoms. The van der Waals surface area contributed by atoms with Crippen LogP contribution in [0.25, 0.3) is 5.70 Å². The number of ether oxygens (including phenoxy) is 4. The van der Waals surface area contributed by atoms with Crippen molar-refractivity contribution in [2.24, 2.45) is 4.99 Å². The summed E-state index contributed by atoms with van der Waals surface area (Å²) < 4.78 is 22.1. The van der Waals surface area contributed by atoms with Crippen LogP contribution >= 0.6 is 11.8 Å². The number of amides is 1. The smallest absolute Gasteiger partial charge is 0.338 e. The van der Waals surface area contributed by atoms with E-state index >= 15 is 0 Å². The van der Waals surface area contributed by atoms with E-state index in [0.717, 1.165) is 16.8 Å². The highest BCUT2D eigenvalue weighted by molar-refractivity contribution is 8.16. The summed E-state index contributed by atoms with van der Waals surface area (Å²) in [6.45, 7) is 4.16. The minimum absolute atomic E-state index is 0.00361. The fourth-order valence-corrected chi connectivity index (χ4v) is 5.79. The van der Waals surface area contributed by atoms with E-state index < -0.39 is 12.0 Å². The molecule has 0 aromatic heterocycles. The molecular weight excluding hydrogens is 518 g/mol. The molecule has 2 aromatic rings. The standard InChI is InChI=1S/C29H31N3O6S/c1-4-38-28(34)25-26(19-8-6-5-7-9-19)30-29-32(27(25)20-14-22(35-2)17-23(15-20)36-3)21(18-39-29)16-24(33)31-10-12-37-13-11-31/h5-9,14-15,17-18,27H,4,10-13,16H2,1-3H3/t27-/m0/s1. The minimum Gasteiger partial charge on any atom is -0.497 e. The van der Waals surface area contributed by atoms with Crippen molar-refractivity contribution in [1.82, 2.24) is 9.80 Å². The number of carbonyl (C=O) groups is 2. The van der Waals surface area contributed by atoms with Gasteiger partial charge in [-0.2, -0.15) is 0 Å². The molecule has 9 nitrogen and oxygen atoms in total. The summed E-state index contributed by atoms with van der Waals surface area (Å²) >= 11 is 1.44. The van der Waals surface area contributed by atoms with E-state index in [9.17, 15) is 9.59 Å². The molecule has 1 amide bonds. The zero-order valence-corrected chi connectivity index (χ0v) is 23.0. The molecule has 1 atom stereocenters. The Bertz CT molecular complexity index is 1310. The molecule has 0 bridgehead atoms. The SMILES string of the molecule is CCOC(=O)C1=C(c2ccccc2)N=C2SC=C(CC(=O)N3CCOCC3)N2[C@H]1c1cc(OC)cc(OC)c1. The van der Waals surface area contributed by atoms with E-state index in [0.29, 0.717) is 54.2 Å². The molecule has 3 heterocycles. The Morgan fingerprint density at radius 2 is 1.74 bits per heavy atom. The Kier molecular flexibility index (Phi) is 8.23. The molecular formula is C29H31N3O6S. The normalized spacial score (nSPS) is 18.8. The van der Waals surface area contributed by atoms with E-state index in [1.807, 2.05) is 57.7 Å². The lowest BCUT2D eigenvalue weighted by Crippen LogP contribution is -2.42. The summed E-state index contributed by atoms with van der Waals surface area (Å²) in [7, 11) is 3.17. The molecule has 204 valence electrons. The lowest BCUT2D eigenvalue weighted by atomic mass is 9.91. The summed E-state index contributed by atoms with van der Waals surface area (Å²) in [6.07, 6.45) is 0.167. The average Bonchev–Trinajstić information content (AvgIpc) is 3.38. The van der Waals surface area contributed by atoms with Crippen LogP contribution in [0.2, 0.25) is 0 Å². The van der Waals surface area contributed by atoms with Crippen LogP contribution in [-0.4, -0.2) is 74.0 Å². The number of thioether (sulfide) groups is 1. The van der Waals surface area contributed by atoms with E-state index in [1.165, 1.54) is 11.8 Å². The van der Waals surface area contributed by atoms with Gasteiger partial charge in [0.05, 0.1) is 57.8 Å². The quantitative estimate of drug-likeness (QED) is 0.452. The van der Waals surface area contributed by atoms with Gasteiger partial charge >= 0.3 is 5.97 Å². The Hall–Kier alpha value is -3.76. The second-order valence-electron chi connectivity index (χ2n) is 9.06. The van der Waals surface area contributed by atoms with Crippen LogP contribution in [0.1, 0.15) is 30.5 Å². The predicted molar refractivity (Wildman–Crippen MR) is 149 cm³/mol. The van der Waals surface area contributed by atoms with Crippen molar-refractivity contribution in [1.29, 1.82) is 0 Å². The van der Waals surface area contributed by atoms with Crippen LogP contribution in [0.15, 0.2) is 70.2 Å². The van der Waals surface area contributed by atoms with Crippen molar-refractivity contribution >= 4 is 34.5 Å². The number of hydrogen-bond acceptors (Lipinski definition) is 9. The van der Waals surface area contributed by atoms with Crippen molar-refractivity contribution in [2.75, 3.05) is 47.1 Å². The van der Waals surface area contributed by atoms with Gasteiger partial charge in [-0.05, 0) is 30.0 Å². The van der Waals surface area contributed by atoms with Gasteiger partial charge in [0.2, 0.25) is 5.91 Å².